The normalized spacial score (nSPS) is 24.1. The lowest BCUT2D eigenvalue weighted by atomic mass is 9.84. The molecule has 5 atom stereocenters. The van der Waals surface area contributed by atoms with E-state index >= 15 is 0 Å². The van der Waals surface area contributed by atoms with E-state index in [1.54, 1.807) is 12.1 Å². The van der Waals surface area contributed by atoms with Crippen molar-refractivity contribution in [3.05, 3.63) is 40.4 Å². The Hall–Kier alpha value is -4.37. The van der Waals surface area contributed by atoms with Crippen LogP contribution in [-0.2, 0) is 40.3 Å². The molecule has 1 saturated carbocycles. The zero-order chi connectivity index (χ0) is 35.9. The summed E-state index contributed by atoms with van der Waals surface area (Å²) in [4.78, 5) is 48.3. The fraction of sp³-hybridized carbons (Fsp3) is 0.517. The number of nitrogens with zero attached hydrogens (tertiary/aromatic N) is 3. The molecule has 3 heterocycles. The van der Waals surface area contributed by atoms with E-state index in [2.05, 4.69) is 25.1 Å². The van der Waals surface area contributed by atoms with E-state index in [1.165, 1.54) is 26.2 Å². The number of thiazole rings is 1. The summed E-state index contributed by atoms with van der Waals surface area (Å²) in [5.74, 6) is -1.67. The van der Waals surface area contributed by atoms with Gasteiger partial charge in [-0.05, 0) is 88.6 Å². The Labute approximate surface area is 285 Å². The summed E-state index contributed by atoms with van der Waals surface area (Å²) in [7, 11) is -5.03. The highest BCUT2D eigenvalue weighted by molar-refractivity contribution is 7.80. The Balaban J connectivity index is 1.30. The maximum absolute atomic E-state index is 13.4. The molecule has 1 saturated heterocycles. The van der Waals surface area contributed by atoms with Crippen molar-refractivity contribution in [1.82, 2.24) is 20.7 Å². The van der Waals surface area contributed by atoms with Crippen molar-refractivity contribution in [3.63, 3.8) is 0 Å². The van der Waals surface area contributed by atoms with E-state index in [4.69, 9.17) is 31.0 Å². The zero-order valence-electron chi connectivity index (χ0n) is 26.8. The van der Waals surface area contributed by atoms with Crippen LogP contribution in [-0.4, -0.2) is 93.8 Å². The molecule has 2 aliphatic heterocycles. The number of ether oxygens (including phenoxy) is 1. The number of carbonyl (C=O) groups excluding carboxylic acids is 2. The Morgan fingerprint density at radius 1 is 1.33 bits per heavy atom. The molecule has 18 nitrogen and oxygen atoms in total. The largest absolute Gasteiger partial charge is 0.485 e. The second-order valence-electron chi connectivity index (χ2n) is 12.8. The number of β-lactam (4-membered cyclic amide) rings is 1. The van der Waals surface area contributed by atoms with Gasteiger partial charge in [-0.3, -0.25) is 19.6 Å². The average Bonchev–Trinajstić information content (AvgIpc) is 3.65. The van der Waals surface area contributed by atoms with Crippen LogP contribution in [0.4, 0.5) is 5.13 Å². The van der Waals surface area contributed by atoms with E-state index in [-0.39, 0.29) is 23.1 Å². The monoisotopic (exact) mass is 722 g/mol. The molecule has 0 unspecified atom stereocenters. The minimum absolute atomic E-state index is 0.0578. The van der Waals surface area contributed by atoms with Gasteiger partial charge in [0.15, 0.2) is 16.9 Å². The van der Waals surface area contributed by atoms with Crippen molar-refractivity contribution in [2.24, 2.45) is 22.7 Å². The van der Waals surface area contributed by atoms with Crippen molar-refractivity contribution >= 4 is 56.2 Å². The number of oxime groups is 1. The zero-order valence-corrected chi connectivity index (χ0v) is 28.5. The van der Waals surface area contributed by atoms with Gasteiger partial charge in [-0.15, -0.1) is 15.6 Å². The Bertz CT molecular complexity index is 1800. The molecule has 49 heavy (non-hydrogen) atoms. The molecule has 3 aliphatic rings. The molecule has 0 spiro atoms. The van der Waals surface area contributed by atoms with Crippen LogP contribution in [0.3, 0.4) is 0 Å². The van der Waals surface area contributed by atoms with Crippen LogP contribution < -0.4 is 26.8 Å². The third-order valence-corrected chi connectivity index (χ3v) is 9.92. The molecule has 2 fully saturated rings. The van der Waals surface area contributed by atoms with E-state index in [1.807, 2.05) is 6.07 Å². The second-order valence-corrected chi connectivity index (χ2v) is 14.7. The number of hydrogen-bond donors (Lipinski definition) is 7. The van der Waals surface area contributed by atoms with E-state index < -0.39 is 57.2 Å². The maximum Gasteiger partial charge on any atom is 0.418 e. The van der Waals surface area contributed by atoms with Gasteiger partial charge in [0.2, 0.25) is 0 Å². The lowest BCUT2D eigenvalue weighted by molar-refractivity contribution is -0.218. The predicted molar refractivity (Wildman–Crippen MR) is 175 cm³/mol. The number of benzene rings is 1. The van der Waals surface area contributed by atoms with Crippen LogP contribution in [0.5, 0.6) is 5.75 Å². The van der Waals surface area contributed by atoms with Crippen molar-refractivity contribution in [1.29, 1.82) is 5.41 Å². The number of aryl methyl sites for hydroxylation is 1. The summed E-state index contributed by atoms with van der Waals surface area (Å²) >= 11 is 0.964. The number of fused-ring (bicyclic) bond motifs is 1. The van der Waals surface area contributed by atoms with Crippen LogP contribution in [0.2, 0.25) is 0 Å². The van der Waals surface area contributed by atoms with Gasteiger partial charge in [-0.1, -0.05) is 5.16 Å². The SMILES string of the molecule is CC1(C)[C@H](NC(=O)/C(=N\O[C@](C)(C(=O)O)[C@H]2CCc3cc(C(=N)NC[C@@H]4C[C@H]4CCN)ccc3O2)c2csc(N)n2)C(=O)N1OS(=O)(=O)O. The molecule has 1 aromatic heterocycles. The molecule has 2 amide bonds. The fourth-order valence-corrected chi connectivity index (χ4v) is 6.79. The number of aliphatic carboxylic acids is 1. The van der Waals surface area contributed by atoms with Gasteiger partial charge in [0, 0.05) is 17.5 Å². The van der Waals surface area contributed by atoms with Crippen LogP contribution in [0, 0.1) is 17.2 Å². The van der Waals surface area contributed by atoms with Gasteiger partial charge >= 0.3 is 16.4 Å². The highest BCUT2D eigenvalue weighted by atomic mass is 32.3. The first-order valence-electron chi connectivity index (χ1n) is 15.3. The fourth-order valence-electron chi connectivity index (χ4n) is 5.79. The minimum atomic E-state index is -5.03. The number of amidine groups is 1. The summed E-state index contributed by atoms with van der Waals surface area (Å²) in [5.41, 5.74) is 8.67. The number of carboxylic acid groups (broad SMARTS) is 1. The number of anilines is 1. The third-order valence-electron chi connectivity index (χ3n) is 8.91. The summed E-state index contributed by atoms with van der Waals surface area (Å²) in [6.07, 6.45) is 1.60. The lowest BCUT2D eigenvalue weighted by Gasteiger charge is -2.50. The molecule has 9 N–H and O–H groups in total. The first-order valence-corrected chi connectivity index (χ1v) is 17.5. The number of carbonyl (C=O) groups is 3. The second kappa shape index (κ2) is 13.5. The quantitative estimate of drug-likeness (QED) is 0.0458. The highest BCUT2D eigenvalue weighted by Crippen LogP contribution is 2.40. The van der Waals surface area contributed by atoms with Gasteiger partial charge in [0.1, 0.15) is 23.3 Å². The number of amides is 2. The van der Waals surface area contributed by atoms with Gasteiger partial charge in [-0.25, -0.2) is 9.78 Å². The topological polar surface area (TPSA) is 282 Å². The van der Waals surface area contributed by atoms with Crippen LogP contribution in [0.25, 0.3) is 0 Å². The number of nitrogens with two attached hydrogens (primary N) is 2. The average molecular weight is 723 g/mol. The molecule has 2 aromatic rings. The molecule has 0 bridgehead atoms. The third kappa shape index (κ3) is 7.62. The number of hydroxylamine groups is 2. The molecule has 0 radical (unpaired) electrons. The highest BCUT2D eigenvalue weighted by Gasteiger charge is 2.58. The van der Waals surface area contributed by atoms with E-state index in [0.717, 1.165) is 29.7 Å². The smallest absolute Gasteiger partial charge is 0.418 e. The summed E-state index contributed by atoms with van der Waals surface area (Å²) in [5, 5.41) is 30.0. The number of nitrogen functional groups attached to an aromatic ring is 1. The summed E-state index contributed by atoms with van der Waals surface area (Å²) in [6.45, 7) is 5.32. The Kier molecular flexibility index (Phi) is 9.90. The first kappa shape index (κ1) is 35.9. The Morgan fingerprint density at radius 2 is 2.06 bits per heavy atom. The number of carboxylic acids is 1. The van der Waals surface area contributed by atoms with Gasteiger partial charge < -0.3 is 36.8 Å². The van der Waals surface area contributed by atoms with Crippen molar-refractivity contribution in [2.75, 3.05) is 18.8 Å². The molecular weight excluding hydrogens is 684 g/mol. The van der Waals surface area contributed by atoms with Crippen LogP contribution >= 0.6 is 11.3 Å². The molecule has 1 aliphatic carbocycles. The molecular formula is C29H38N8O10S2. The van der Waals surface area contributed by atoms with Gasteiger partial charge in [0.25, 0.3) is 17.4 Å². The first-order chi connectivity index (χ1) is 22.9. The van der Waals surface area contributed by atoms with Crippen molar-refractivity contribution < 1.29 is 46.3 Å². The van der Waals surface area contributed by atoms with Crippen molar-refractivity contribution in [2.45, 2.75) is 69.7 Å². The van der Waals surface area contributed by atoms with Gasteiger partial charge in [-0.2, -0.15) is 13.5 Å². The summed E-state index contributed by atoms with van der Waals surface area (Å²) < 4.78 is 41.7. The maximum atomic E-state index is 13.4. The van der Waals surface area contributed by atoms with Crippen LogP contribution in [0.1, 0.15) is 56.9 Å². The van der Waals surface area contributed by atoms with Gasteiger partial charge in [0.05, 0.1) is 5.54 Å². The molecule has 5 rings (SSSR count). The minimum Gasteiger partial charge on any atom is -0.485 e. The molecule has 1 aromatic carbocycles. The predicted octanol–water partition coefficient (Wildman–Crippen LogP) is 0.423. The lowest BCUT2D eigenvalue weighted by Crippen LogP contribution is -2.76. The molecule has 266 valence electrons. The number of rotatable bonds is 14. The van der Waals surface area contributed by atoms with Crippen molar-refractivity contribution in [3.8, 4) is 5.75 Å². The number of aromatic nitrogens is 1. The van der Waals surface area contributed by atoms with E-state index in [0.29, 0.717) is 47.7 Å². The molecule has 20 heteroatoms. The number of nitrogens with one attached hydrogen (secondary N) is 3. The van der Waals surface area contributed by atoms with E-state index in [9.17, 15) is 27.9 Å². The summed E-state index contributed by atoms with van der Waals surface area (Å²) in [6, 6.07) is 3.85. The number of hydrogen-bond acceptors (Lipinski definition) is 14. The van der Waals surface area contributed by atoms with Crippen LogP contribution in [0.15, 0.2) is 28.7 Å². The standard InChI is InChI=1S/C29H38N8O10S2/c1-28(2)22(25(39)37(28)47-49(42,43)44)35-24(38)21(18-13-48-27(32)34-18)36-46-29(3,26(40)41)20-7-5-15-11-16(4-6-19(15)45-20)23(31)33-12-17-10-14(17)8-9-30/h4,6,11,13-14,17,20,22H,5,7-10,12,30H2,1-3H3,(H2,31,33)(H2,32,34)(H,35,38)(H,40,41)(H,42,43,44)/b36-21-/t14-,17+,20-,22-,29+/m1/s1. The Morgan fingerprint density at radius 3 is 2.67 bits per heavy atom.